The van der Waals surface area contributed by atoms with Gasteiger partial charge in [-0.25, -0.2) is 4.90 Å². The van der Waals surface area contributed by atoms with E-state index in [2.05, 4.69) is 15.9 Å². The molecule has 1 spiro atoms. The summed E-state index contributed by atoms with van der Waals surface area (Å²) in [6.45, 7) is 3.85. The molecule has 2 saturated heterocycles. The molecule has 0 aromatic heterocycles. The van der Waals surface area contributed by atoms with Crippen molar-refractivity contribution in [2.75, 3.05) is 4.90 Å². The Morgan fingerprint density at radius 3 is 2.06 bits per heavy atom. The first-order valence-corrected chi connectivity index (χ1v) is 12.1. The summed E-state index contributed by atoms with van der Waals surface area (Å²) >= 11 is 3.51. The number of hydrogen-bond donors (Lipinski definition) is 0. The minimum Gasteiger partial charge on any atom is -0.349 e. The third-order valence-corrected chi connectivity index (χ3v) is 8.20. The van der Waals surface area contributed by atoms with Gasteiger partial charge in [0.15, 0.2) is 0 Å². The second-order valence-electron chi connectivity index (χ2n) is 9.28. The van der Waals surface area contributed by atoms with Crippen LogP contribution in [-0.2, 0) is 14.3 Å². The number of Topliss-reactive ketones (excluding diaryl/α,β-unsaturated/α-hetero) is 2. The maximum atomic E-state index is 14.0. The lowest BCUT2D eigenvalue weighted by molar-refractivity contribution is -0.127. The maximum absolute atomic E-state index is 14.0. The number of fused-ring (bicyclic) bond motifs is 3. The van der Waals surface area contributed by atoms with Crippen LogP contribution in [0.15, 0.2) is 71.2 Å². The largest absolute Gasteiger partial charge is 0.349 e. The molecule has 3 aliphatic rings. The molecular formula is C28H20BrNO5. The molecular weight excluding hydrogens is 510 g/mol. The number of rotatable bonds is 2. The van der Waals surface area contributed by atoms with Crippen molar-refractivity contribution in [3.63, 3.8) is 0 Å². The average molecular weight is 530 g/mol. The lowest BCUT2D eigenvalue weighted by atomic mass is 9.77. The number of halogens is 1. The van der Waals surface area contributed by atoms with Gasteiger partial charge >= 0.3 is 0 Å². The summed E-state index contributed by atoms with van der Waals surface area (Å²) in [4.78, 5) is 56.6. The number of ketones is 2. The van der Waals surface area contributed by atoms with E-state index in [1.165, 1.54) is 0 Å². The highest BCUT2D eigenvalue weighted by Gasteiger charge is 2.74. The first-order chi connectivity index (χ1) is 16.8. The van der Waals surface area contributed by atoms with Crippen LogP contribution in [0.25, 0.3) is 0 Å². The van der Waals surface area contributed by atoms with Gasteiger partial charge in [0.1, 0.15) is 0 Å². The number of carbonyl (C=O) groups excluding carboxylic acids is 4. The fourth-order valence-electron chi connectivity index (χ4n) is 5.62. The number of imide groups is 1. The molecule has 2 amide bonds. The van der Waals surface area contributed by atoms with Crippen LogP contribution in [0.5, 0.6) is 0 Å². The van der Waals surface area contributed by atoms with Gasteiger partial charge in [-0.15, -0.1) is 0 Å². The molecule has 3 aromatic rings. The van der Waals surface area contributed by atoms with Gasteiger partial charge in [-0.05, 0) is 48.7 Å². The molecule has 0 saturated carbocycles. The van der Waals surface area contributed by atoms with E-state index in [9.17, 15) is 19.2 Å². The number of aryl methyl sites for hydroxylation is 2. The van der Waals surface area contributed by atoms with E-state index in [1.54, 1.807) is 54.6 Å². The van der Waals surface area contributed by atoms with Gasteiger partial charge in [-0.1, -0.05) is 64.5 Å². The molecule has 1 aliphatic carbocycles. The number of benzene rings is 3. The van der Waals surface area contributed by atoms with Gasteiger partial charge in [0.25, 0.3) is 0 Å². The van der Waals surface area contributed by atoms with Crippen molar-refractivity contribution < 1.29 is 23.9 Å². The van der Waals surface area contributed by atoms with Crippen molar-refractivity contribution >= 4 is 45.0 Å². The summed E-state index contributed by atoms with van der Waals surface area (Å²) in [7, 11) is 0. The lowest BCUT2D eigenvalue weighted by Crippen LogP contribution is -2.51. The molecule has 3 atom stereocenters. The molecule has 7 heteroatoms. The molecule has 3 aromatic carbocycles. The van der Waals surface area contributed by atoms with Gasteiger partial charge in [0.05, 0.1) is 23.6 Å². The number of carbonyl (C=O) groups is 4. The fraction of sp³-hybridized carbons (Fsp3) is 0.214. The van der Waals surface area contributed by atoms with Gasteiger partial charge < -0.3 is 4.74 Å². The van der Waals surface area contributed by atoms with Crippen LogP contribution >= 0.6 is 15.9 Å². The van der Waals surface area contributed by atoms with Crippen molar-refractivity contribution in [2.45, 2.75) is 25.6 Å². The predicted molar refractivity (Wildman–Crippen MR) is 131 cm³/mol. The Kier molecular flexibility index (Phi) is 4.75. The Morgan fingerprint density at radius 1 is 0.800 bits per heavy atom. The fourth-order valence-corrected chi connectivity index (χ4v) is 6.14. The molecule has 6 nitrogen and oxygen atoms in total. The molecule has 2 aliphatic heterocycles. The Balaban J connectivity index is 1.56. The van der Waals surface area contributed by atoms with Crippen molar-refractivity contribution in [1.29, 1.82) is 0 Å². The third kappa shape index (κ3) is 2.79. The Hall–Kier alpha value is -3.42. The maximum Gasteiger partial charge on any atom is 0.241 e. The van der Waals surface area contributed by atoms with Crippen molar-refractivity contribution in [2.24, 2.45) is 11.8 Å². The number of hydrogen-bond acceptors (Lipinski definition) is 5. The molecule has 174 valence electrons. The molecule has 0 bridgehead atoms. The number of amides is 2. The topological polar surface area (TPSA) is 80.8 Å². The zero-order chi connectivity index (χ0) is 24.6. The minimum absolute atomic E-state index is 0.217. The SMILES string of the molecule is Cc1ccc(N2C(=O)[C@H]3[C@H](c4ccccc4Br)OC4(C(=O)c5ccccc5C4=O)[C@H]3C2=O)cc1C. The van der Waals surface area contributed by atoms with E-state index in [0.717, 1.165) is 16.0 Å². The Morgan fingerprint density at radius 2 is 1.43 bits per heavy atom. The van der Waals surface area contributed by atoms with Crippen molar-refractivity contribution in [3.05, 3.63) is 99.0 Å². The van der Waals surface area contributed by atoms with Crippen molar-refractivity contribution in [3.8, 4) is 0 Å². The standard InChI is InChI=1S/C28H20BrNO5/c1-14-11-12-16(13-15(14)2)30-26(33)21-22(27(30)34)28(35-23(21)19-9-5-6-10-20(19)29)24(31)17-7-3-4-8-18(17)25(28)32/h3-13,21-23H,1-2H3/t21-,22-,23+/m1/s1. The van der Waals surface area contributed by atoms with E-state index in [1.807, 2.05) is 26.0 Å². The molecule has 0 unspecified atom stereocenters. The second kappa shape index (κ2) is 7.54. The molecule has 0 N–H and O–H groups in total. The zero-order valence-electron chi connectivity index (χ0n) is 18.9. The van der Waals surface area contributed by atoms with Crippen LogP contribution in [0.2, 0.25) is 0 Å². The molecule has 2 heterocycles. The second-order valence-corrected chi connectivity index (χ2v) is 10.1. The average Bonchev–Trinajstić information content (AvgIpc) is 3.41. The normalized spacial score (nSPS) is 24.4. The first-order valence-electron chi connectivity index (χ1n) is 11.3. The van der Waals surface area contributed by atoms with Crippen LogP contribution < -0.4 is 4.90 Å². The van der Waals surface area contributed by atoms with Gasteiger partial charge in [-0.2, -0.15) is 0 Å². The van der Waals surface area contributed by atoms with Gasteiger partial charge in [0, 0.05) is 15.6 Å². The van der Waals surface area contributed by atoms with Gasteiger partial charge in [-0.3, -0.25) is 19.2 Å². The van der Waals surface area contributed by atoms with Crippen molar-refractivity contribution in [1.82, 2.24) is 0 Å². The quantitative estimate of drug-likeness (QED) is 0.353. The Labute approximate surface area is 210 Å². The highest BCUT2D eigenvalue weighted by atomic mass is 79.9. The van der Waals surface area contributed by atoms with Crippen LogP contribution in [0.4, 0.5) is 5.69 Å². The van der Waals surface area contributed by atoms with E-state index in [-0.39, 0.29) is 11.1 Å². The van der Waals surface area contributed by atoms with Crippen LogP contribution in [0.3, 0.4) is 0 Å². The summed E-state index contributed by atoms with van der Waals surface area (Å²) in [6, 6.07) is 19.0. The summed E-state index contributed by atoms with van der Waals surface area (Å²) < 4.78 is 6.99. The van der Waals surface area contributed by atoms with E-state index in [0.29, 0.717) is 15.7 Å². The summed E-state index contributed by atoms with van der Waals surface area (Å²) in [5.74, 6) is -4.48. The monoisotopic (exact) mass is 529 g/mol. The molecule has 2 fully saturated rings. The van der Waals surface area contributed by atoms with E-state index in [4.69, 9.17) is 4.74 Å². The van der Waals surface area contributed by atoms with E-state index >= 15 is 0 Å². The number of ether oxygens (including phenoxy) is 1. The lowest BCUT2D eigenvalue weighted by Gasteiger charge is -2.27. The van der Waals surface area contributed by atoms with Gasteiger partial charge in [0.2, 0.25) is 29.0 Å². The summed E-state index contributed by atoms with van der Waals surface area (Å²) in [5, 5.41) is 0. The zero-order valence-corrected chi connectivity index (χ0v) is 20.5. The highest BCUT2D eigenvalue weighted by Crippen LogP contribution is 2.58. The molecule has 6 rings (SSSR count). The summed E-state index contributed by atoms with van der Waals surface area (Å²) in [5.41, 5.74) is 1.34. The third-order valence-electron chi connectivity index (χ3n) is 7.48. The highest BCUT2D eigenvalue weighted by molar-refractivity contribution is 9.10. The van der Waals surface area contributed by atoms with Crippen LogP contribution in [0, 0.1) is 25.7 Å². The van der Waals surface area contributed by atoms with E-state index < -0.39 is 46.9 Å². The summed E-state index contributed by atoms with van der Waals surface area (Å²) in [6.07, 6.45) is -0.953. The predicted octanol–water partition coefficient (Wildman–Crippen LogP) is 4.76. The van der Waals surface area contributed by atoms with Crippen LogP contribution in [0.1, 0.15) is 43.5 Å². The number of anilines is 1. The number of nitrogens with zero attached hydrogens (tertiary/aromatic N) is 1. The Bertz CT molecular complexity index is 1440. The molecule has 35 heavy (non-hydrogen) atoms. The molecule has 0 radical (unpaired) electrons. The first kappa shape index (κ1) is 22.1. The van der Waals surface area contributed by atoms with Crippen LogP contribution in [-0.4, -0.2) is 29.0 Å². The minimum atomic E-state index is -2.07. The smallest absolute Gasteiger partial charge is 0.241 e.